The number of hydrogen-bond acceptors (Lipinski definition) is 2. The zero-order valence-corrected chi connectivity index (χ0v) is 12.6. The summed E-state index contributed by atoms with van der Waals surface area (Å²) in [6, 6.07) is 2.90. The Balaban J connectivity index is 0.00000149. The van der Waals surface area contributed by atoms with Crippen LogP contribution in [0.25, 0.3) is 0 Å². The molecule has 0 saturated heterocycles. The Morgan fingerprint density at radius 1 is 1.26 bits per heavy atom. The monoisotopic (exact) mass is 336 g/mol. The van der Waals surface area contributed by atoms with Gasteiger partial charge in [0.15, 0.2) is 11.6 Å². The lowest BCUT2D eigenvalue weighted by molar-refractivity contribution is -0.132. The third kappa shape index (κ3) is 7.00. The van der Waals surface area contributed by atoms with Crippen LogP contribution in [0.3, 0.4) is 0 Å². The number of anilines is 1. The average molecular weight is 336 g/mol. The average Bonchev–Trinajstić information content (AvgIpc) is 2.42. The maximum absolute atomic E-state index is 13.2. The number of nitrogens with two attached hydrogens (primary N) is 1. The number of nitrogens with zero attached hydrogens (tertiary/aromatic N) is 1. The van der Waals surface area contributed by atoms with Crippen molar-refractivity contribution in [3.05, 3.63) is 29.8 Å². The lowest BCUT2D eigenvalue weighted by Gasteiger charge is -2.37. The third-order valence-corrected chi connectivity index (χ3v) is 2.86. The summed E-state index contributed by atoms with van der Waals surface area (Å²) >= 11 is 0. The molecule has 0 unspecified atom stereocenters. The lowest BCUT2D eigenvalue weighted by Crippen LogP contribution is -2.44. The summed E-state index contributed by atoms with van der Waals surface area (Å²) in [4.78, 5) is 9.81. The number of alkyl halides is 3. The molecular formula is C15H17F5N2O. The Morgan fingerprint density at radius 3 is 2.17 bits per heavy atom. The van der Waals surface area contributed by atoms with Gasteiger partial charge in [0.1, 0.15) is 0 Å². The number of carbonyl (C=O) groups excluding carboxylic acids is 1. The van der Waals surface area contributed by atoms with Crippen LogP contribution < -0.4 is 10.6 Å². The largest absolute Gasteiger partial charge is 0.390 e. The SMILES string of the molecule is C#CC(C)(C)N(CCC(F)(F)F)c1ccc(F)c(F)c1.NC=O. The molecule has 2 N–H and O–H groups in total. The van der Waals surface area contributed by atoms with Crippen molar-refractivity contribution in [1.29, 1.82) is 0 Å². The number of benzene rings is 1. The Hall–Kier alpha value is -2.30. The van der Waals surface area contributed by atoms with Crippen molar-refractivity contribution in [3.8, 4) is 12.3 Å². The van der Waals surface area contributed by atoms with E-state index in [2.05, 4.69) is 11.7 Å². The summed E-state index contributed by atoms with van der Waals surface area (Å²) in [5.74, 6) is 0.154. The minimum Gasteiger partial charge on any atom is -0.372 e. The minimum absolute atomic E-state index is 0.108. The van der Waals surface area contributed by atoms with E-state index in [4.69, 9.17) is 11.2 Å². The number of hydrogen-bond donors (Lipinski definition) is 1. The predicted molar refractivity (Wildman–Crippen MR) is 77.5 cm³/mol. The topological polar surface area (TPSA) is 46.3 Å². The van der Waals surface area contributed by atoms with E-state index in [0.29, 0.717) is 0 Å². The summed E-state index contributed by atoms with van der Waals surface area (Å²) in [6.45, 7) is 2.63. The van der Waals surface area contributed by atoms with Gasteiger partial charge >= 0.3 is 6.18 Å². The van der Waals surface area contributed by atoms with Crippen molar-refractivity contribution in [3.63, 3.8) is 0 Å². The van der Waals surface area contributed by atoms with Gasteiger partial charge in [0, 0.05) is 18.3 Å². The summed E-state index contributed by atoms with van der Waals surface area (Å²) in [6.07, 6.45) is 0.101. The molecule has 0 spiro atoms. The van der Waals surface area contributed by atoms with Crippen LogP contribution >= 0.6 is 0 Å². The van der Waals surface area contributed by atoms with Crippen molar-refractivity contribution in [2.45, 2.75) is 32.0 Å². The van der Waals surface area contributed by atoms with Crippen molar-refractivity contribution in [1.82, 2.24) is 0 Å². The van der Waals surface area contributed by atoms with Crippen molar-refractivity contribution in [2.75, 3.05) is 11.4 Å². The molecule has 1 rings (SSSR count). The lowest BCUT2D eigenvalue weighted by atomic mass is 10.0. The summed E-state index contributed by atoms with van der Waals surface area (Å²) in [5.41, 5.74) is 3.21. The number of carbonyl (C=O) groups is 1. The predicted octanol–water partition coefficient (Wildman–Crippen LogP) is 3.24. The second kappa shape index (κ2) is 8.36. The highest BCUT2D eigenvalue weighted by molar-refractivity contribution is 5.51. The molecule has 3 nitrogen and oxygen atoms in total. The van der Waals surface area contributed by atoms with Crippen LogP contribution in [0.4, 0.5) is 27.6 Å². The van der Waals surface area contributed by atoms with Gasteiger partial charge in [0.25, 0.3) is 0 Å². The van der Waals surface area contributed by atoms with Crippen molar-refractivity contribution in [2.24, 2.45) is 5.73 Å². The smallest absolute Gasteiger partial charge is 0.372 e. The molecule has 8 heteroatoms. The Labute approximate surface area is 131 Å². The first-order valence-electron chi connectivity index (χ1n) is 6.41. The van der Waals surface area contributed by atoms with Gasteiger partial charge in [-0.2, -0.15) is 13.2 Å². The zero-order valence-electron chi connectivity index (χ0n) is 12.6. The van der Waals surface area contributed by atoms with E-state index in [9.17, 15) is 22.0 Å². The molecule has 0 atom stereocenters. The van der Waals surface area contributed by atoms with Crippen LogP contribution in [0, 0.1) is 24.0 Å². The molecule has 0 aliphatic carbocycles. The van der Waals surface area contributed by atoms with Gasteiger partial charge < -0.3 is 10.6 Å². The van der Waals surface area contributed by atoms with Gasteiger partial charge in [-0.25, -0.2) is 8.78 Å². The first-order valence-corrected chi connectivity index (χ1v) is 6.41. The summed E-state index contributed by atoms with van der Waals surface area (Å²) in [5, 5.41) is 0. The van der Waals surface area contributed by atoms with Gasteiger partial charge in [-0.05, 0) is 26.0 Å². The molecule has 0 aliphatic rings. The van der Waals surface area contributed by atoms with Crippen molar-refractivity contribution < 1.29 is 26.7 Å². The standard InChI is InChI=1S/C14H14F5N.CH3NO/c1-4-13(2,3)20(8-7-14(17,18)19)10-5-6-11(15)12(16)9-10;2-1-3/h1,5-6,9H,7-8H2,2-3H3;1H,(H2,2,3). The first-order chi connectivity index (χ1) is 10.5. The van der Waals surface area contributed by atoms with E-state index in [0.717, 1.165) is 12.1 Å². The minimum atomic E-state index is -4.36. The number of primary amides is 1. The highest BCUT2D eigenvalue weighted by atomic mass is 19.4. The van der Waals surface area contributed by atoms with E-state index in [1.807, 2.05) is 0 Å². The van der Waals surface area contributed by atoms with Gasteiger partial charge in [-0.1, -0.05) is 5.92 Å². The zero-order chi connectivity index (χ0) is 18.3. The molecule has 128 valence electrons. The van der Waals surface area contributed by atoms with Gasteiger partial charge in [-0.3, -0.25) is 4.79 Å². The highest BCUT2D eigenvalue weighted by Crippen LogP contribution is 2.28. The quantitative estimate of drug-likeness (QED) is 0.521. The molecule has 0 heterocycles. The summed E-state index contributed by atoms with van der Waals surface area (Å²) < 4.78 is 63.2. The van der Waals surface area contributed by atoms with Gasteiger partial charge in [-0.15, -0.1) is 6.42 Å². The van der Waals surface area contributed by atoms with Crippen LogP contribution in [0.5, 0.6) is 0 Å². The maximum Gasteiger partial charge on any atom is 0.390 e. The van der Waals surface area contributed by atoms with E-state index in [1.165, 1.54) is 24.8 Å². The molecule has 0 radical (unpaired) electrons. The maximum atomic E-state index is 13.2. The first kappa shape index (κ1) is 20.7. The number of rotatable bonds is 4. The second-order valence-electron chi connectivity index (χ2n) is 4.95. The third-order valence-electron chi connectivity index (χ3n) is 2.86. The molecule has 0 aromatic heterocycles. The fourth-order valence-corrected chi connectivity index (χ4v) is 1.70. The summed E-state index contributed by atoms with van der Waals surface area (Å²) in [7, 11) is 0. The van der Waals surface area contributed by atoms with Crippen LogP contribution in [0.2, 0.25) is 0 Å². The molecule has 23 heavy (non-hydrogen) atoms. The van der Waals surface area contributed by atoms with E-state index in [-0.39, 0.29) is 12.1 Å². The van der Waals surface area contributed by atoms with Crippen LogP contribution in [-0.4, -0.2) is 24.7 Å². The van der Waals surface area contributed by atoms with Crippen LogP contribution in [0.1, 0.15) is 20.3 Å². The highest BCUT2D eigenvalue weighted by Gasteiger charge is 2.32. The molecule has 1 aromatic carbocycles. The fourth-order valence-electron chi connectivity index (χ4n) is 1.70. The fraction of sp³-hybridized carbons (Fsp3) is 0.400. The molecule has 0 aliphatic heterocycles. The molecule has 1 aromatic rings. The Morgan fingerprint density at radius 2 is 1.78 bits per heavy atom. The molecule has 0 saturated carbocycles. The number of amides is 1. The Kier molecular flexibility index (Phi) is 7.53. The van der Waals surface area contributed by atoms with Crippen LogP contribution in [0.15, 0.2) is 18.2 Å². The molecule has 1 amide bonds. The molecular weight excluding hydrogens is 319 g/mol. The van der Waals surface area contributed by atoms with E-state index in [1.54, 1.807) is 0 Å². The second-order valence-corrected chi connectivity index (χ2v) is 4.95. The van der Waals surface area contributed by atoms with E-state index < -0.39 is 36.3 Å². The number of halogens is 5. The van der Waals surface area contributed by atoms with Gasteiger partial charge in [0.05, 0.1) is 12.0 Å². The van der Waals surface area contributed by atoms with Crippen LogP contribution in [-0.2, 0) is 4.79 Å². The van der Waals surface area contributed by atoms with Gasteiger partial charge in [0.2, 0.25) is 6.41 Å². The Bertz CT molecular complexity index is 564. The molecule has 0 fully saturated rings. The molecule has 0 bridgehead atoms. The number of terminal acetylenes is 1. The van der Waals surface area contributed by atoms with E-state index >= 15 is 0 Å². The van der Waals surface area contributed by atoms with Crippen molar-refractivity contribution >= 4 is 12.1 Å². The normalized spacial score (nSPS) is 11.0.